The number of nitrogens with zero attached hydrogens (tertiary/aromatic N) is 3. The molecule has 0 heterocycles. The van der Waals surface area contributed by atoms with Crippen molar-refractivity contribution in [3.05, 3.63) is 59.7 Å². The molecule has 0 amide bonds. The molecule has 0 spiro atoms. The topological polar surface area (TPSA) is 41.8 Å². The zero-order valence-electron chi connectivity index (χ0n) is 17.1. The van der Waals surface area contributed by atoms with Crippen LogP contribution in [0.4, 0.5) is 11.4 Å². The highest BCUT2D eigenvalue weighted by molar-refractivity contribution is 5.82. The van der Waals surface area contributed by atoms with Crippen LogP contribution in [0.2, 0.25) is 0 Å². The molecule has 144 valence electrons. The van der Waals surface area contributed by atoms with Crippen molar-refractivity contribution >= 4 is 17.2 Å². The first-order valence-electron chi connectivity index (χ1n) is 10.0. The molecule has 0 aliphatic rings. The first-order chi connectivity index (χ1) is 13.0. The first kappa shape index (κ1) is 21.0. The minimum Gasteiger partial charge on any atom is -0.318 e. The monoisotopic (exact) mass is 366 g/mol. The van der Waals surface area contributed by atoms with Crippen molar-refractivity contribution in [1.82, 2.24) is 0 Å². The zero-order chi connectivity index (χ0) is 19.7. The number of Topliss-reactive ketones (excluding diaryl/α,β-unsaturated/α-hetero) is 1. The van der Waals surface area contributed by atoms with E-state index in [1.165, 1.54) is 5.56 Å². The molecule has 0 aliphatic carbocycles. The third-order valence-electron chi connectivity index (χ3n) is 5.49. The Kier molecular flexibility index (Phi) is 7.86. The second-order valence-corrected chi connectivity index (χ2v) is 7.05. The number of carbonyl (C=O) groups excluding carboxylic acids is 1. The molecule has 2 rings (SSSR count). The van der Waals surface area contributed by atoms with Gasteiger partial charge in [-0.2, -0.15) is 10.2 Å². The Labute approximate surface area is 163 Å². The van der Waals surface area contributed by atoms with Gasteiger partial charge in [-0.3, -0.25) is 4.79 Å². The SMILES string of the molecule is CCc1ccc(N=Nc2ccc(CC(=O)C[N+](CC)(CC)CC)cc2)cc1. The van der Waals surface area contributed by atoms with E-state index in [-0.39, 0.29) is 0 Å². The number of likely N-dealkylation sites (N-methyl/N-ethyl adjacent to an activating group) is 1. The fourth-order valence-electron chi connectivity index (χ4n) is 3.26. The maximum Gasteiger partial charge on any atom is 0.191 e. The lowest BCUT2D eigenvalue weighted by Gasteiger charge is -2.35. The fourth-order valence-corrected chi connectivity index (χ4v) is 3.26. The number of quaternary nitrogens is 1. The average Bonchev–Trinajstić information content (AvgIpc) is 2.72. The lowest BCUT2D eigenvalue weighted by atomic mass is 10.1. The molecule has 4 heteroatoms. The van der Waals surface area contributed by atoms with Crippen LogP contribution in [0.5, 0.6) is 0 Å². The second-order valence-electron chi connectivity index (χ2n) is 7.05. The summed E-state index contributed by atoms with van der Waals surface area (Å²) >= 11 is 0. The van der Waals surface area contributed by atoms with E-state index in [9.17, 15) is 4.79 Å². The summed E-state index contributed by atoms with van der Waals surface area (Å²) in [6.45, 7) is 12.2. The number of hydrogen-bond donors (Lipinski definition) is 0. The second kappa shape index (κ2) is 10.1. The van der Waals surface area contributed by atoms with Gasteiger partial charge >= 0.3 is 0 Å². The molecule has 0 N–H and O–H groups in total. The van der Waals surface area contributed by atoms with Crippen LogP contribution >= 0.6 is 0 Å². The molecule has 0 fully saturated rings. The molecule has 4 nitrogen and oxygen atoms in total. The molecule has 0 bridgehead atoms. The highest BCUT2D eigenvalue weighted by Crippen LogP contribution is 2.20. The smallest absolute Gasteiger partial charge is 0.191 e. The Morgan fingerprint density at radius 3 is 1.59 bits per heavy atom. The van der Waals surface area contributed by atoms with Crippen molar-refractivity contribution in [3.8, 4) is 0 Å². The van der Waals surface area contributed by atoms with E-state index < -0.39 is 0 Å². The summed E-state index contributed by atoms with van der Waals surface area (Å²) in [7, 11) is 0. The third-order valence-corrected chi connectivity index (χ3v) is 5.49. The molecular formula is C23H32N3O+. The first-order valence-corrected chi connectivity index (χ1v) is 10.0. The fraction of sp³-hybridized carbons (Fsp3) is 0.435. The van der Waals surface area contributed by atoms with Crippen LogP contribution < -0.4 is 0 Å². The minimum absolute atomic E-state index is 0.297. The van der Waals surface area contributed by atoms with Gasteiger partial charge in [-0.25, -0.2) is 0 Å². The predicted molar refractivity (Wildman–Crippen MR) is 112 cm³/mol. The van der Waals surface area contributed by atoms with Gasteiger partial charge in [0.05, 0.1) is 31.0 Å². The van der Waals surface area contributed by atoms with Crippen molar-refractivity contribution < 1.29 is 9.28 Å². The van der Waals surface area contributed by atoms with Crippen LogP contribution in [0.3, 0.4) is 0 Å². The van der Waals surface area contributed by atoms with E-state index in [1.54, 1.807) is 0 Å². The number of rotatable bonds is 10. The van der Waals surface area contributed by atoms with E-state index >= 15 is 0 Å². The van der Waals surface area contributed by atoms with E-state index in [0.717, 1.165) is 47.5 Å². The van der Waals surface area contributed by atoms with Crippen molar-refractivity contribution in [2.75, 3.05) is 26.2 Å². The predicted octanol–water partition coefficient (Wildman–Crippen LogP) is 5.65. The molecule has 0 aromatic heterocycles. The molecule has 2 aromatic rings. The summed E-state index contributed by atoms with van der Waals surface area (Å²) < 4.78 is 0.863. The normalized spacial score (nSPS) is 11.9. The standard InChI is InChI=1S/C23H32N3O/c1-5-19-9-13-21(14-10-19)24-25-22-15-11-20(12-16-22)17-23(27)18-26(6-2,7-3)8-4/h9-16H,5-8,17-18H2,1-4H3/q+1. The number of azo groups is 1. The molecule has 0 atom stereocenters. The quantitative estimate of drug-likeness (QED) is 0.395. The van der Waals surface area contributed by atoms with Crippen LogP contribution in [0.15, 0.2) is 58.8 Å². The molecule has 0 radical (unpaired) electrons. The van der Waals surface area contributed by atoms with Gasteiger partial charge in [-0.1, -0.05) is 31.2 Å². The van der Waals surface area contributed by atoms with Gasteiger partial charge < -0.3 is 4.48 Å². The molecule has 0 unspecified atom stereocenters. The van der Waals surface area contributed by atoms with Crippen LogP contribution in [0, 0.1) is 0 Å². The number of carbonyl (C=O) groups is 1. The lowest BCUT2D eigenvalue weighted by molar-refractivity contribution is -0.915. The van der Waals surface area contributed by atoms with Gasteiger partial charge in [0.1, 0.15) is 6.54 Å². The van der Waals surface area contributed by atoms with Crippen molar-refractivity contribution in [2.24, 2.45) is 10.2 Å². The number of hydrogen-bond acceptors (Lipinski definition) is 3. The summed E-state index contributed by atoms with van der Waals surface area (Å²) in [5.74, 6) is 0.297. The molecular weight excluding hydrogens is 334 g/mol. The Balaban J connectivity index is 1.96. The van der Waals surface area contributed by atoms with Crippen LogP contribution in [0.25, 0.3) is 0 Å². The molecule has 0 aliphatic heterocycles. The summed E-state index contributed by atoms with van der Waals surface area (Å²) in [6.07, 6.45) is 1.50. The summed E-state index contributed by atoms with van der Waals surface area (Å²) in [5, 5.41) is 8.57. The van der Waals surface area contributed by atoms with Gasteiger partial charge in [0.2, 0.25) is 0 Å². The minimum atomic E-state index is 0.297. The molecule has 27 heavy (non-hydrogen) atoms. The number of benzene rings is 2. The van der Waals surface area contributed by atoms with E-state index in [4.69, 9.17) is 0 Å². The Morgan fingerprint density at radius 2 is 1.19 bits per heavy atom. The van der Waals surface area contributed by atoms with Gasteiger partial charge in [-0.05, 0) is 62.6 Å². The third kappa shape index (κ3) is 6.10. The maximum atomic E-state index is 12.5. The van der Waals surface area contributed by atoms with E-state index in [0.29, 0.717) is 18.7 Å². The van der Waals surface area contributed by atoms with Crippen molar-refractivity contribution in [1.29, 1.82) is 0 Å². The number of aryl methyl sites for hydroxylation is 1. The Morgan fingerprint density at radius 1 is 0.741 bits per heavy atom. The summed E-state index contributed by atoms with van der Waals surface area (Å²) in [4.78, 5) is 12.5. The van der Waals surface area contributed by atoms with Gasteiger partial charge in [-0.15, -0.1) is 0 Å². The molecule has 0 saturated heterocycles. The Hall–Kier alpha value is -2.33. The molecule has 2 aromatic carbocycles. The van der Waals surface area contributed by atoms with Gasteiger partial charge in [0.15, 0.2) is 5.78 Å². The van der Waals surface area contributed by atoms with E-state index in [2.05, 4.69) is 50.1 Å². The van der Waals surface area contributed by atoms with Crippen molar-refractivity contribution in [2.45, 2.75) is 40.5 Å². The van der Waals surface area contributed by atoms with Crippen LogP contribution in [0.1, 0.15) is 38.8 Å². The summed E-state index contributed by atoms with van der Waals surface area (Å²) in [6, 6.07) is 15.9. The van der Waals surface area contributed by atoms with Gasteiger partial charge in [0, 0.05) is 6.42 Å². The van der Waals surface area contributed by atoms with Gasteiger partial charge in [0.25, 0.3) is 0 Å². The Bertz CT molecular complexity index is 736. The molecule has 0 saturated carbocycles. The summed E-state index contributed by atoms with van der Waals surface area (Å²) in [5.41, 5.74) is 3.97. The number of ketones is 1. The zero-order valence-corrected chi connectivity index (χ0v) is 17.1. The largest absolute Gasteiger partial charge is 0.318 e. The van der Waals surface area contributed by atoms with Crippen LogP contribution in [-0.2, 0) is 17.6 Å². The maximum absolute atomic E-state index is 12.5. The van der Waals surface area contributed by atoms with Crippen LogP contribution in [-0.4, -0.2) is 36.4 Å². The van der Waals surface area contributed by atoms with E-state index in [1.807, 2.05) is 36.4 Å². The highest BCUT2D eigenvalue weighted by Gasteiger charge is 2.24. The van der Waals surface area contributed by atoms with Crippen molar-refractivity contribution in [3.63, 3.8) is 0 Å². The highest BCUT2D eigenvalue weighted by atomic mass is 16.1. The lowest BCUT2D eigenvalue weighted by Crippen LogP contribution is -2.51. The average molecular weight is 367 g/mol.